The molecule has 2 aromatic carbocycles. The first-order valence-corrected chi connectivity index (χ1v) is 9.01. The highest BCUT2D eigenvalue weighted by Gasteiger charge is 2.36. The van der Waals surface area contributed by atoms with E-state index in [1.54, 1.807) is 30.3 Å². The van der Waals surface area contributed by atoms with Crippen LogP contribution in [0.3, 0.4) is 0 Å². The molecule has 1 aliphatic carbocycles. The maximum absolute atomic E-state index is 10.1. The van der Waals surface area contributed by atoms with Gasteiger partial charge in [-0.3, -0.25) is 0 Å². The van der Waals surface area contributed by atoms with Crippen LogP contribution in [-0.4, -0.2) is 26.5 Å². The van der Waals surface area contributed by atoms with Gasteiger partial charge in [-0.15, -0.1) is 0 Å². The largest absolute Gasteiger partial charge is 0.490 e. The van der Waals surface area contributed by atoms with Crippen LogP contribution >= 0.6 is 0 Å². The van der Waals surface area contributed by atoms with Gasteiger partial charge in [-0.2, -0.15) is 10.2 Å². The Kier molecular flexibility index (Phi) is 4.38. The first-order valence-electron chi connectivity index (χ1n) is 9.01. The Balaban J connectivity index is 1.70. The zero-order valence-corrected chi connectivity index (χ0v) is 15.5. The van der Waals surface area contributed by atoms with Gasteiger partial charge in [-0.1, -0.05) is 23.4 Å². The molecular formula is C21H19N3O4. The van der Waals surface area contributed by atoms with Crippen molar-refractivity contribution in [2.24, 2.45) is 0 Å². The number of aliphatic hydroxyl groups is 2. The third-order valence-corrected chi connectivity index (χ3v) is 4.71. The van der Waals surface area contributed by atoms with Crippen LogP contribution in [0.1, 0.15) is 37.0 Å². The Hall–Kier alpha value is -3.21. The molecule has 0 fully saturated rings. The maximum Gasteiger partial charge on any atom is 0.258 e. The average molecular weight is 377 g/mol. The number of benzene rings is 2. The van der Waals surface area contributed by atoms with Crippen molar-refractivity contribution in [3.8, 4) is 34.7 Å². The van der Waals surface area contributed by atoms with Crippen molar-refractivity contribution in [2.45, 2.75) is 38.6 Å². The third kappa shape index (κ3) is 3.13. The molecular weight excluding hydrogens is 358 g/mol. The fourth-order valence-corrected chi connectivity index (χ4v) is 3.43. The predicted octanol–water partition coefficient (Wildman–Crippen LogP) is 3.15. The van der Waals surface area contributed by atoms with Gasteiger partial charge in [0.15, 0.2) is 5.79 Å². The van der Waals surface area contributed by atoms with Gasteiger partial charge >= 0.3 is 0 Å². The summed E-state index contributed by atoms with van der Waals surface area (Å²) in [4.78, 5) is 4.45. The standard InChI is InChI=1S/C21H19N3O4/c1-12(2)27-18-7-6-13(10-14(18)11-22)20-23-19(24-28-20)16-4-3-5-17-15(16)8-9-21(17,25)26/h3-7,10,12,25-26H,8-9H2,1-2H3. The van der Waals surface area contributed by atoms with Crippen molar-refractivity contribution in [1.82, 2.24) is 10.1 Å². The molecule has 1 aliphatic rings. The molecule has 0 saturated carbocycles. The zero-order valence-electron chi connectivity index (χ0n) is 15.5. The molecule has 28 heavy (non-hydrogen) atoms. The minimum atomic E-state index is -1.83. The lowest BCUT2D eigenvalue weighted by molar-refractivity contribution is -0.166. The van der Waals surface area contributed by atoms with Gasteiger partial charge in [0.1, 0.15) is 11.8 Å². The molecule has 0 radical (unpaired) electrons. The van der Waals surface area contributed by atoms with Crippen LogP contribution in [0.4, 0.5) is 0 Å². The third-order valence-electron chi connectivity index (χ3n) is 4.71. The van der Waals surface area contributed by atoms with Crippen LogP contribution in [0.2, 0.25) is 0 Å². The average Bonchev–Trinajstić information content (AvgIpc) is 3.27. The van der Waals surface area contributed by atoms with Crippen LogP contribution in [0.25, 0.3) is 22.8 Å². The van der Waals surface area contributed by atoms with Gasteiger partial charge in [0.05, 0.1) is 11.7 Å². The highest BCUT2D eigenvalue weighted by atomic mass is 16.5. The van der Waals surface area contributed by atoms with E-state index >= 15 is 0 Å². The van der Waals surface area contributed by atoms with E-state index < -0.39 is 5.79 Å². The molecule has 7 nitrogen and oxygen atoms in total. The molecule has 1 aromatic heterocycles. The summed E-state index contributed by atoms with van der Waals surface area (Å²) >= 11 is 0. The van der Waals surface area contributed by atoms with E-state index in [2.05, 4.69) is 16.2 Å². The van der Waals surface area contributed by atoms with Gasteiger partial charge in [-0.25, -0.2) is 0 Å². The fraction of sp³-hybridized carbons (Fsp3) is 0.286. The lowest BCUT2D eigenvalue weighted by Gasteiger charge is -2.15. The van der Waals surface area contributed by atoms with E-state index in [1.807, 2.05) is 19.9 Å². The summed E-state index contributed by atoms with van der Waals surface area (Å²) in [5.74, 6) is -0.682. The van der Waals surface area contributed by atoms with Gasteiger partial charge in [0.25, 0.3) is 5.89 Å². The summed E-state index contributed by atoms with van der Waals surface area (Å²) in [6, 6.07) is 12.5. The van der Waals surface area contributed by atoms with Gasteiger partial charge < -0.3 is 19.5 Å². The van der Waals surface area contributed by atoms with Crippen molar-refractivity contribution in [2.75, 3.05) is 0 Å². The van der Waals surface area contributed by atoms with E-state index in [0.717, 1.165) is 5.56 Å². The molecule has 0 spiro atoms. The van der Waals surface area contributed by atoms with Gasteiger partial charge in [0.2, 0.25) is 5.82 Å². The van der Waals surface area contributed by atoms with Crippen LogP contribution in [0, 0.1) is 11.3 Å². The first kappa shape index (κ1) is 18.2. The molecule has 7 heteroatoms. The smallest absolute Gasteiger partial charge is 0.258 e. The summed E-state index contributed by atoms with van der Waals surface area (Å²) in [6.07, 6.45) is 0.702. The van der Waals surface area contributed by atoms with E-state index in [-0.39, 0.29) is 18.4 Å². The van der Waals surface area contributed by atoms with Crippen LogP contribution in [0.5, 0.6) is 5.75 Å². The number of hydrogen-bond acceptors (Lipinski definition) is 7. The molecule has 0 saturated heterocycles. The van der Waals surface area contributed by atoms with Crippen molar-refractivity contribution >= 4 is 0 Å². The Labute approximate surface area is 161 Å². The Morgan fingerprint density at radius 1 is 1.25 bits per heavy atom. The van der Waals surface area contributed by atoms with Crippen LogP contribution in [-0.2, 0) is 12.2 Å². The molecule has 0 amide bonds. The highest BCUT2D eigenvalue weighted by molar-refractivity contribution is 5.67. The number of nitriles is 1. The molecule has 3 aromatic rings. The molecule has 0 bridgehead atoms. The normalized spacial score (nSPS) is 14.7. The van der Waals surface area contributed by atoms with E-state index in [1.165, 1.54) is 0 Å². The van der Waals surface area contributed by atoms with Crippen molar-refractivity contribution < 1.29 is 19.5 Å². The number of rotatable bonds is 4. The molecule has 1 heterocycles. The number of hydrogen-bond donors (Lipinski definition) is 2. The maximum atomic E-state index is 10.1. The summed E-state index contributed by atoms with van der Waals surface area (Å²) in [7, 11) is 0. The lowest BCUT2D eigenvalue weighted by Crippen LogP contribution is -2.20. The Morgan fingerprint density at radius 3 is 2.82 bits per heavy atom. The second kappa shape index (κ2) is 6.75. The molecule has 0 unspecified atom stereocenters. The van der Waals surface area contributed by atoms with Crippen molar-refractivity contribution in [3.05, 3.63) is 53.1 Å². The fourth-order valence-electron chi connectivity index (χ4n) is 3.43. The SMILES string of the molecule is CC(C)Oc1ccc(-c2nc(-c3cccc4c3CCC4(O)O)no2)cc1C#N. The molecule has 2 N–H and O–H groups in total. The number of ether oxygens (including phenoxy) is 1. The van der Waals surface area contributed by atoms with E-state index in [0.29, 0.717) is 40.2 Å². The van der Waals surface area contributed by atoms with Gasteiger partial charge in [-0.05, 0) is 44.0 Å². The van der Waals surface area contributed by atoms with Crippen molar-refractivity contribution in [3.63, 3.8) is 0 Å². The Bertz CT molecular complexity index is 1080. The number of aromatic nitrogens is 2. The number of nitrogens with zero attached hydrogens (tertiary/aromatic N) is 3. The zero-order chi connectivity index (χ0) is 19.9. The second-order valence-electron chi connectivity index (χ2n) is 7.06. The summed E-state index contributed by atoms with van der Waals surface area (Å²) < 4.78 is 11.0. The quantitative estimate of drug-likeness (QED) is 0.672. The van der Waals surface area contributed by atoms with Gasteiger partial charge in [0, 0.05) is 23.1 Å². The predicted molar refractivity (Wildman–Crippen MR) is 100 cm³/mol. The lowest BCUT2D eigenvalue weighted by atomic mass is 10.0. The van der Waals surface area contributed by atoms with Crippen LogP contribution in [0.15, 0.2) is 40.9 Å². The minimum Gasteiger partial charge on any atom is -0.490 e. The molecule has 142 valence electrons. The Morgan fingerprint density at radius 2 is 2.07 bits per heavy atom. The molecule has 0 atom stereocenters. The second-order valence-corrected chi connectivity index (χ2v) is 7.06. The topological polar surface area (TPSA) is 112 Å². The summed E-state index contributed by atoms with van der Waals surface area (Å²) in [6.45, 7) is 3.79. The molecule has 4 rings (SSSR count). The van der Waals surface area contributed by atoms with Crippen LogP contribution < -0.4 is 4.74 Å². The summed E-state index contributed by atoms with van der Waals surface area (Å²) in [5.41, 5.74) is 2.98. The minimum absolute atomic E-state index is 0.0432. The first-order chi connectivity index (χ1) is 13.4. The van der Waals surface area contributed by atoms with E-state index in [9.17, 15) is 15.5 Å². The summed E-state index contributed by atoms with van der Waals surface area (Å²) in [5, 5.41) is 33.6. The van der Waals surface area contributed by atoms with Crippen molar-refractivity contribution in [1.29, 1.82) is 5.26 Å². The monoisotopic (exact) mass is 377 g/mol. The van der Waals surface area contributed by atoms with E-state index in [4.69, 9.17) is 9.26 Å². The highest BCUT2D eigenvalue weighted by Crippen LogP contribution is 2.39. The molecule has 0 aliphatic heterocycles. The number of fused-ring (bicyclic) bond motifs is 1.